The van der Waals surface area contributed by atoms with E-state index in [1.54, 1.807) is 17.9 Å². The molecule has 0 aliphatic carbocycles. The summed E-state index contributed by atoms with van der Waals surface area (Å²) in [5.41, 5.74) is 3.32. The number of carbonyl (C=O) groups excluding carboxylic acids is 1. The highest BCUT2D eigenvalue weighted by Crippen LogP contribution is 2.09. The van der Waals surface area contributed by atoms with E-state index >= 15 is 0 Å². The Kier molecular flexibility index (Phi) is 3.88. The molecular weight excluding hydrogens is 266 g/mol. The SMILES string of the molecule is Cc1c(/C=N/NC(=O)c2cc(F)ccc2F)cnn1C. The van der Waals surface area contributed by atoms with Crippen LogP contribution in [0.2, 0.25) is 0 Å². The van der Waals surface area contributed by atoms with Crippen molar-refractivity contribution in [1.82, 2.24) is 15.2 Å². The Hall–Kier alpha value is -2.57. The second-order valence-electron chi connectivity index (χ2n) is 4.13. The van der Waals surface area contributed by atoms with Gasteiger partial charge >= 0.3 is 0 Å². The second-order valence-corrected chi connectivity index (χ2v) is 4.13. The van der Waals surface area contributed by atoms with E-state index < -0.39 is 23.1 Å². The Morgan fingerprint density at radius 1 is 1.45 bits per heavy atom. The number of halogens is 2. The van der Waals surface area contributed by atoms with E-state index in [1.165, 1.54) is 6.21 Å². The van der Waals surface area contributed by atoms with Gasteiger partial charge in [0, 0.05) is 18.3 Å². The Labute approximate surface area is 113 Å². The van der Waals surface area contributed by atoms with E-state index in [2.05, 4.69) is 15.6 Å². The fraction of sp³-hybridized carbons (Fsp3) is 0.154. The minimum Gasteiger partial charge on any atom is -0.272 e. The normalized spacial score (nSPS) is 11.0. The van der Waals surface area contributed by atoms with Crippen LogP contribution in [-0.4, -0.2) is 21.9 Å². The topological polar surface area (TPSA) is 59.3 Å². The molecule has 1 heterocycles. The standard InChI is InChI=1S/C13H12F2N4O/c1-8-9(7-17-19(8)2)6-16-18-13(20)11-5-10(14)3-4-12(11)15/h3-7H,1-2H3,(H,18,20)/b16-6+. The first kappa shape index (κ1) is 13.9. The Morgan fingerprint density at radius 2 is 2.20 bits per heavy atom. The van der Waals surface area contributed by atoms with E-state index in [4.69, 9.17) is 0 Å². The van der Waals surface area contributed by atoms with Crippen LogP contribution in [0.4, 0.5) is 8.78 Å². The Morgan fingerprint density at radius 3 is 2.85 bits per heavy atom. The summed E-state index contributed by atoms with van der Waals surface area (Å²) in [4.78, 5) is 11.6. The van der Waals surface area contributed by atoms with E-state index in [0.717, 1.165) is 23.9 Å². The first-order valence-corrected chi connectivity index (χ1v) is 5.76. The van der Waals surface area contributed by atoms with Crippen molar-refractivity contribution < 1.29 is 13.6 Å². The molecule has 1 aromatic heterocycles. The minimum absolute atomic E-state index is 0.398. The Bertz CT molecular complexity index is 679. The van der Waals surface area contributed by atoms with Crippen molar-refractivity contribution in [2.45, 2.75) is 6.92 Å². The molecule has 104 valence electrons. The maximum Gasteiger partial charge on any atom is 0.274 e. The van der Waals surface area contributed by atoms with Crippen LogP contribution in [0.25, 0.3) is 0 Å². The van der Waals surface area contributed by atoms with Crippen LogP contribution in [0.3, 0.4) is 0 Å². The first-order chi connectivity index (χ1) is 9.49. The number of benzene rings is 1. The molecule has 0 saturated heterocycles. The van der Waals surface area contributed by atoms with Crippen LogP contribution in [-0.2, 0) is 7.05 Å². The number of hydrazone groups is 1. The van der Waals surface area contributed by atoms with Gasteiger partial charge in [-0.2, -0.15) is 10.2 Å². The number of rotatable bonds is 3. The molecule has 0 aliphatic heterocycles. The highest BCUT2D eigenvalue weighted by atomic mass is 19.1. The molecule has 0 bridgehead atoms. The monoisotopic (exact) mass is 278 g/mol. The zero-order valence-electron chi connectivity index (χ0n) is 10.9. The number of hydrogen-bond acceptors (Lipinski definition) is 3. The summed E-state index contributed by atoms with van der Waals surface area (Å²) in [7, 11) is 1.77. The van der Waals surface area contributed by atoms with Gasteiger partial charge in [0.2, 0.25) is 0 Å². The molecule has 7 heteroatoms. The molecule has 1 N–H and O–H groups in total. The smallest absolute Gasteiger partial charge is 0.272 e. The number of hydrogen-bond donors (Lipinski definition) is 1. The van der Waals surface area contributed by atoms with E-state index in [1.807, 2.05) is 6.92 Å². The number of aromatic nitrogens is 2. The van der Waals surface area contributed by atoms with Gasteiger partial charge in [0.15, 0.2) is 0 Å². The van der Waals surface area contributed by atoms with Crippen LogP contribution < -0.4 is 5.43 Å². The third kappa shape index (κ3) is 2.87. The lowest BCUT2D eigenvalue weighted by molar-refractivity contribution is 0.0950. The largest absolute Gasteiger partial charge is 0.274 e. The molecule has 1 amide bonds. The van der Waals surface area contributed by atoms with Gasteiger partial charge in [-0.25, -0.2) is 14.2 Å². The number of amides is 1. The van der Waals surface area contributed by atoms with E-state index in [-0.39, 0.29) is 0 Å². The molecule has 20 heavy (non-hydrogen) atoms. The van der Waals surface area contributed by atoms with Crippen LogP contribution in [0.5, 0.6) is 0 Å². The summed E-state index contributed by atoms with van der Waals surface area (Å²) in [6, 6.07) is 2.64. The Balaban J connectivity index is 2.09. The van der Waals surface area contributed by atoms with Crippen LogP contribution in [0, 0.1) is 18.6 Å². The number of carbonyl (C=O) groups is 1. The van der Waals surface area contributed by atoms with Crippen molar-refractivity contribution in [1.29, 1.82) is 0 Å². The molecule has 0 unspecified atom stereocenters. The lowest BCUT2D eigenvalue weighted by Crippen LogP contribution is -2.19. The van der Waals surface area contributed by atoms with Crippen LogP contribution in [0.15, 0.2) is 29.5 Å². The average Bonchev–Trinajstić information content (AvgIpc) is 2.73. The maximum absolute atomic E-state index is 13.3. The summed E-state index contributed by atoms with van der Waals surface area (Å²) in [5.74, 6) is -2.32. The average molecular weight is 278 g/mol. The predicted molar refractivity (Wildman–Crippen MR) is 69.4 cm³/mol. The maximum atomic E-state index is 13.3. The highest BCUT2D eigenvalue weighted by molar-refractivity contribution is 5.95. The van der Waals surface area contributed by atoms with E-state index in [9.17, 15) is 13.6 Å². The van der Waals surface area contributed by atoms with E-state index in [0.29, 0.717) is 5.56 Å². The van der Waals surface area contributed by atoms with Crippen molar-refractivity contribution in [3.8, 4) is 0 Å². The van der Waals surface area contributed by atoms with Crippen LogP contribution >= 0.6 is 0 Å². The van der Waals surface area contributed by atoms with Gasteiger partial charge in [0.25, 0.3) is 5.91 Å². The highest BCUT2D eigenvalue weighted by Gasteiger charge is 2.12. The number of nitrogens with zero attached hydrogens (tertiary/aromatic N) is 3. The molecule has 2 aromatic rings. The van der Waals surface area contributed by atoms with Gasteiger partial charge in [-0.05, 0) is 25.1 Å². The van der Waals surface area contributed by atoms with Gasteiger partial charge in [-0.15, -0.1) is 0 Å². The lowest BCUT2D eigenvalue weighted by atomic mass is 10.2. The summed E-state index contributed by atoms with van der Waals surface area (Å²) in [6.07, 6.45) is 2.96. The van der Waals surface area contributed by atoms with Crippen molar-refractivity contribution in [3.63, 3.8) is 0 Å². The molecule has 2 rings (SSSR count). The van der Waals surface area contributed by atoms with Crippen molar-refractivity contribution >= 4 is 12.1 Å². The molecule has 0 fully saturated rings. The fourth-order valence-corrected chi connectivity index (χ4v) is 1.53. The van der Waals surface area contributed by atoms with Gasteiger partial charge in [0.05, 0.1) is 18.0 Å². The first-order valence-electron chi connectivity index (χ1n) is 5.76. The second kappa shape index (κ2) is 5.60. The number of aryl methyl sites for hydroxylation is 1. The molecule has 1 aromatic carbocycles. The van der Waals surface area contributed by atoms with Crippen molar-refractivity contribution in [2.24, 2.45) is 12.1 Å². The minimum atomic E-state index is -0.820. The van der Waals surface area contributed by atoms with Gasteiger partial charge in [-0.1, -0.05) is 0 Å². The fourth-order valence-electron chi connectivity index (χ4n) is 1.53. The molecule has 0 aliphatic rings. The molecule has 0 radical (unpaired) electrons. The molecular formula is C13H12F2N4O. The molecule has 0 saturated carbocycles. The number of nitrogens with one attached hydrogen (secondary N) is 1. The molecule has 0 atom stereocenters. The predicted octanol–water partition coefficient (Wildman–Crippen LogP) is 1.77. The summed E-state index contributed by atoms with van der Waals surface area (Å²) in [6.45, 7) is 1.84. The third-order valence-corrected chi connectivity index (χ3v) is 2.82. The summed E-state index contributed by atoms with van der Waals surface area (Å²) >= 11 is 0. The summed E-state index contributed by atoms with van der Waals surface area (Å²) in [5, 5.41) is 7.70. The quantitative estimate of drug-likeness (QED) is 0.687. The summed E-state index contributed by atoms with van der Waals surface area (Å²) < 4.78 is 27.9. The zero-order valence-corrected chi connectivity index (χ0v) is 10.9. The lowest BCUT2D eigenvalue weighted by Gasteiger charge is -2.01. The molecule has 0 spiro atoms. The third-order valence-electron chi connectivity index (χ3n) is 2.82. The van der Waals surface area contributed by atoms with Crippen molar-refractivity contribution in [3.05, 3.63) is 52.9 Å². The van der Waals surface area contributed by atoms with Gasteiger partial charge in [-0.3, -0.25) is 9.48 Å². The van der Waals surface area contributed by atoms with Crippen molar-refractivity contribution in [2.75, 3.05) is 0 Å². The molecule has 5 nitrogen and oxygen atoms in total. The zero-order chi connectivity index (χ0) is 14.7. The van der Waals surface area contributed by atoms with Gasteiger partial charge < -0.3 is 0 Å². The van der Waals surface area contributed by atoms with Gasteiger partial charge in [0.1, 0.15) is 11.6 Å². The van der Waals surface area contributed by atoms with Crippen LogP contribution in [0.1, 0.15) is 21.6 Å².